The smallest absolute Gasteiger partial charge is 0.337 e. The van der Waals surface area contributed by atoms with Crippen LogP contribution < -0.4 is 10.1 Å². The molecular weight excluding hydrogens is 370 g/mol. The number of carbonyl (C=O) groups excluding carboxylic acids is 3. The van der Waals surface area contributed by atoms with Crippen LogP contribution >= 0.6 is 11.6 Å². The molecule has 2 aromatic rings. The van der Waals surface area contributed by atoms with Crippen molar-refractivity contribution >= 4 is 34.9 Å². The van der Waals surface area contributed by atoms with E-state index in [0.29, 0.717) is 34.0 Å². The lowest BCUT2D eigenvalue weighted by Crippen LogP contribution is -2.21. The number of methoxy groups -OCH3 is 1. The number of halogens is 1. The number of esters is 1. The van der Waals surface area contributed by atoms with Gasteiger partial charge in [-0.15, -0.1) is 0 Å². The number of hydrogen-bond donors (Lipinski definition) is 1. The fourth-order valence-electron chi connectivity index (χ4n) is 2.37. The summed E-state index contributed by atoms with van der Waals surface area (Å²) in [6.07, 6.45) is 0.294. The van der Waals surface area contributed by atoms with E-state index in [-0.39, 0.29) is 12.4 Å². The third-order valence-electron chi connectivity index (χ3n) is 3.85. The maximum Gasteiger partial charge on any atom is 0.337 e. The van der Waals surface area contributed by atoms with Gasteiger partial charge in [0, 0.05) is 17.1 Å². The Labute approximate surface area is 162 Å². The van der Waals surface area contributed by atoms with Crippen LogP contribution in [0.1, 0.15) is 39.6 Å². The topological polar surface area (TPSA) is 81.7 Å². The highest BCUT2D eigenvalue weighted by Gasteiger charge is 2.14. The highest BCUT2D eigenvalue weighted by Crippen LogP contribution is 2.24. The molecule has 142 valence electrons. The molecule has 0 saturated heterocycles. The van der Waals surface area contributed by atoms with E-state index in [4.69, 9.17) is 16.3 Å². The van der Waals surface area contributed by atoms with Gasteiger partial charge < -0.3 is 14.8 Å². The molecule has 27 heavy (non-hydrogen) atoms. The Morgan fingerprint density at radius 3 is 2.52 bits per heavy atom. The van der Waals surface area contributed by atoms with Crippen LogP contribution in [0.4, 0.5) is 5.69 Å². The van der Waals surface area contributed by atoms with E-state index in [0.717, 1.165) is 5.56 Å². The van der Waals surface area contributed by atoms with Gasteiger partial charge in [0.1, 0.15) is 5.75 Å². The molecule has 0 spiro atoms. The van der Waals surface area contributed by atoms with Gasteiger partial charge in [0.2, 0.25) is 0 Å². The second-order valence-corrected chi connectivity index (χ2v) is 6.21. The van der Waals surface area contributed by atoms with Crippen molar-refractivity contribution in [3.05, 3.63) is 58.1 Å². The predicted octanol–water partition coefficient (Wildman–Crippen LogP) is 4.05. The molecule has 0 fully saturated rings. The quantitative estimate of drug-likeness (QED) is 0.570. The van der Waals surface area contributed by atoms with E-state index in [2.05, 4.69) is 10.1 Å². The van der Waals surface area contributed by atoms with E-state index in [1.165, 1.54) is 19.2 Å². The lowest BCUT2D eigenvalue weighted by molar-refractivity contribution is -0.118. The maximum atomic E-state index is 12.2. The lowest BCUT2D eigenvalue weighted by Gasteiger charge is -2.13. The standard InChI is InChI=1S/C20H20ClNO5/c1-4-17(23)15-10-14(21)7-8-18(15)27-11-19(24)22-16-9-13(20(25)26-3)6-5-12(16)2/h5-10H,4,11H2,1-3H3,(H,22,24). The summed E-state index contributed by atoms with van der Waals surface area (Å²) in [7, 11) is 1.29. The average Bonchev–Trinajstić information content (AvgIpc) is 2.67. The number of amides is 1. The van der Waals surface area contributed by atoms with Crippen LogP contribution in [0.15, 0.2) is 36.4 Å². The zero-order chi connectivity index (χ0) is 20.0. The first-order valence-corrected chi connectivity index (χ1v) is 8.67. The Morgan fingerprint density at radius 1 is 1.11 bits per heavy atom. The summed E-state index contributed by atoms with van der Waals surface area (Å²) in [5.41, 5.74) is 1.92. The highest BCUT2D eigenvalue weighted by atomic mass is 35.5. The maximum absolute atomic E-state index is 12.2. The van der Waals surface area contributed by atoms with Crippen LogP contribution in [-0.2, 0) is 9.53 Å². The summed E-state index contributed by atoms with van der Waals surface area (Å²) in [6.45, 7) is 3.24. The molecule has 0 atom stereocenters. The van der Waals surface area contributed by atoms with E-state index >= 15 is 0 Å². The van der Waals surface area contributed by atoms with Gasteiger partial charge in [-0.1, -0.05) is 24.6 Å². The molecule has 0 radical (unpaired) electrons. The monoisotopic (exact) mass is 389 g/mol. The molecule has 0 aliphatic heterocycles. The summed E-state index contributed by atoms with van der Waals surface area (Å²) in [6, 6.07) is 9.52. The molecule has 0 bridgehead atoms. The van der Waals surface area contributed by atoms with E-state index in [1.807, 2.05) is 0 Å². The fraction of sp³-hybridized carbons (Fsp3) is 0.250. The number of nitrogens with one attached hydrogen (secondary N) is 1. The van der Waals surface area contributed by atoms with Gasteiger partial charge in [0.05, 0.1) is 18.2 Å². The van der Waals surface area contributed by atoms with Gasteiger partial charge in [-0.3, -0.25) is 9.59 Å². The summed E-state index contributed by atoms with van der Waals surface area (Å²) >= 11 is 5.93. The number of ether oxygens (including phenoxy) is 2. The first-order valence-electron chi connectivity index (χ1n) is 8.30. The normalized spacial score (nSPS) is 10.2. The van der Waals surface area contributed by atoms with Crippen LogP contribution in [0.5, 0.6) is 5.75 Å². The summed E-state index contributed by atoms with van der Waals surface area (Å²) in [5.74, 6) is -0.758. The van der Waals surface area contributed by atoms with Gasteiger partial charge in [0.15, 0.2) is 12.4 Å². The fourth-order valence-corrected chi connectivity index (χ4v) is 2.54. The molecule has 0 unspecified atom stereocenters. The Kier molecular flexibility index (Phi) is 6.96. The molecule has 6 nitrogen and oxygen atoms in total. The molecule has 7 heteroatoms. The van der Waals surface area contributed by atoms with Crippen molar-refractivity contribution in [2.45, 2.75) is 20.3 Å². The van der Waals surface area contributed by atoms with Gasteiger partial charge >= 0.3 is 5.97 Å². The number of ketones is 1. The number of Topliss-reactive ketones (excluding diaryl/α,β-unsaturated/α-hetero) is 1. The number of aryl methyl sites for hydroxylation is 1. The van der Waals surface area contributed by atoms with Crippen LogP contribution in [0.25, 0.3) is 0 Å². The van der Waals surface area contributed by atoms with Crippen LogP contribution in [0.3, 0.4) is 0 Å². The molecule has 2 aromatic carbocycles. The molecule has 0 aliphatic carbocycles. The van der Waals surface area contributed by atoms with Crippen molar-refractivity contribution in [2.75, 3.05) is 19.0 Å². The van der Waals surface area contributed by atoms with Gasteiger partial charge in [-0.05, 0) is 42.8 Å². The van der Waals surface area contributed by atoms with E-state index < -0.39 is 11.9 Å². The Morgan fingerprint density at radius 2 is 1.85 bits per heavy atom. The first kappa shape index (κ1) is 20.5. The third-order valence-corrected chi connectivity index (χ3v) is 4.09. The number of rotatable bonds is 7. The molecule has 0 aromatic heterocycles. The van der Waals surface area contributed by atoms with Crippen molar-refractivity contribution in [3.8, 4) is 5.75 Å². The zero-order valence-electron chi connectivity index (χ0n) is 15.3. The Bertz CT molecular complexity index is 879. The first-order chi connectivity index (χ1) is 12.8. The average molecular weight is 390 g/mol. The number of carbonyl (C=O) groups is 3. The van der Waals surface area contributed by atoms with Crippen LogP contribution in [0.2, 0.25) is 5.02 Å². The predicted molar refractivity (Wildman–Crippen MR) is 103 cm³/mol. The molecule has 0 aliphatic rings. The molecule has 0 saturated carbocycles. The number of benzene rings is 2. The van der Waals surface area contributed by atoms with Crippen molar-refractivity contribution in [1.29, 1.82) is 0 Å². The minimum absolute atomic E-state index is 0.130. The SMILES string of the molecule is CCC(=O)c1cc(Cl)ccc1OCC(=O)Nc1cc(C(=O)OC)ccc1C. The van der Waals surface area contributed by atoms with E-state index in [9.17, 15) is 14.4 Å². The lowest BCUT2D eigenvalue weighted by atomic mass is 10.1. The molecule has 2 rings (SSSR count). The second kappa shape index (κ2) is 9.19. The zero-order valence-corrected chi connectivity index (χ0v) is 16.1. The van der Waals surface area contributed by atoms with Crippen molar-refractivity contribution < 1.29 is 23.9 Å². The number of hydrogen-bond acceptors (Lipinski definition) is 5. The van der Waals surface area contributed by atoms with E-state index in [1.54, 1.807) is 38.1 Å². The highest BCUT2D eigenvalue weighted by molar-refractivity contribution is 6.31. The molecule has 0 heterocycles. The van der Waals surface area contributed by atoms with Gasteiger partial charge in [-0.2, -0.15) is 0 Å². The van der Waals surface area contributed by atoms with Gasteiger partial charge in [-0.25, -0.2) is 4.79 Å². The molecule has 1 amide bonds. The van der Waals surface area contributed by atoms with Gasteiger partial charge in [0.25, 0.3) is 5.91 Å². The minimum Gasteiger partial charge on any atom is -0.483 e. The third kappa shape index (κ3) is 5.31. The largest absolute Gasteiger partial charge is 0.483 e. The second-order valence-electron chi connectivity index (χ2n) is 5.78. The van der Waals surface area contributed by atoms with Crippen molar-refractivity contribution in [1.82, 2.24) is 0 Å². The minimum atomic E-state index is -0.495. The summed E-state index contributed by atoms with van der Waals surface area (Å²) in [4.78, 5) is 35.9. The molecular formula is C20H20ClNO5. The summed E-state index contributed by atoms with van der Waals surface area (Å²) < 4.78 is 10.2. The Hall–Kier alpha value is -2.86. The summed E-state index contributed by atoms with van der Waals surface area (Å²) in [5, 5.41) is 3.11. The van der Waals surface area contributed by atoms with Crippen LogP contribution in [0, 0.1) is 6.92 Å². The van der Waals surface area contributed by atoms with Crippen LogP contribution in [-0.4, -0.2) is 31.4 Å². The van der Waals surface area contributed by atoms with Crippen molar-refractivity contribution in [3.63, 3.8) is 0 Å². The molecule has 1 N–H and O–H groups in total. The Balaban J connectivity index is 2.10. The number of anilines is 1. The van der Waals surface area contributed by atoms with Crippen molar-refractivity contribution in [2.24, 2.45) is 0 Å².